The summed E-state index contributed by atoms with van der Waals surface area (Å²) in [6.45, 7) is 6.84. The van der Waals surface area contributed by atoms with E-state index in [0.717, 1.165) is 38.9 Å². The molecule has 3 N–H and O–H groups in total. The molecule has 134 valence electrons. The van der Waals surface area contributed by atoms with E-state index >= 15 is 0 Å². The molecule has 2 atom stereocenters. The first-order valence-corrected chi connectivity index (χ1v) is 8.93. The normalized spacial score (nSPS) is 18.1. The summed E-state index contributed by atoms with van der Waals surface area (Å²) in [7, 11) is 0. The molecule has 5 nitrogen and oxygen atoms in total. The minimum Gasteiger partial charge on any atom is -0.493 e. The van der Waals surface area contributed by atoms with Crippen molar-refractivity contribution in [2.24, 2.45) is 11.7 Å². The summed E-state index contributed by atoms with van der Waals surface area (Å²) < 4.78 is 11.2. The zero-order chi connectivity index (χ0) is 17.4. The lowest BCUT2D eigenvalue weighted by atomic mass is 9.92. The Bertz CT molecular complexity index is 515. The van der Waals surface area contributed by atoms with E-state index in [2.05, 4.69) is 19.2 Å². The molecule has 0 spiro atoms. The van der Waals surface area contributed by atoms with Gasteiger partial charge in [0.15, 0.2) is 0 Å². The third kappa shape index (κ3) is 5.80. The number of hydrogen-bond acceptors (Lipinski definition) is 4. The predicted molar refractivity (Wildman–Crippen MR) is 95.3 cm³/mol. The van der Waals surface area contributed by atoms with Gasteiger partial charge in [0.25, 0.3) is 5.91 Å². The van der Waals surface area contributed by atoms with Crippen LogP contribution in [0.15, 0.2) is 24.3 Å². The van der Waals surface area contributed by atoms with Gasteiger partial charge in [-0.05, 0) is 57.6 Å². The number of hydrogen-bond donors (Lipinski definition) is 2. The Morgan fingerprint density at radius 1 is 1.33 bits per heavy atom. The topological polar surface area (TPSA) is 73.6 Å². The summed E-state index contributed by atoms with van der Waals surface area (Å²) in [5, 5.41) is 3.69. The van der Waals surface area contributed by atoms with Crippen molar-refractivity contribution in [1.29, 1.82) is 0 Å². The molecule has 0 aliphatic carbocycles. The van der Waals surface area contributed by atoms with Gasteiger partial charge in [0, 0.05) is 25.3 Å². The molecule has 1 saturated heterocycles. The highest BCUT2D eigenvalue weighted by molar-refractivity contribution is 5.95. The van der Waals surface area contributed by atoms with Crippen molar-refractivity contribution < 1.29 is 14.3 Å². The fourth-order valence-electron chi connectivity index (χ4n) is 3.25. The van der Waals surface area contributed by atoms with E-state index in [1.54, 1.807) is 18.2 Å². The van der Waals surface area contributed by atoms with Crippen LogP contribution in [0.2, 0.25) is 0 Å². The van der Waals surface area contributed by atoms with Gasteiger partial charge in [0.05, 0.1) is 12.2 Å². The molecule has 1 amide bonds. The molecule has 0 unspecified atom stereocenters. The van der Waals surface area contributed by atoms with Gasteiger partial charge in [0.1, 0.15) is 5.75 Å². The van der Waals surface area contributed by atoms with Crippen LogP contribution in [0.3, 0.4) is 0 Å². The molecule has 0 radical (unpaired) electrons. The Hall–Kier alpha value is -1.59. The summed E-state index contributed by atoms with van der Waals surface area (Å²) >= 11 is 0. The van der Waals surface area contributed by atoms with E-state index in [4.69, 9.17) is 15.2 Å². The van der Waals surface area contributed by atoms with Crippen molar-refractivity contribution in [2.45, 2.75) is 51.6 Å². The SMILES string of the molecule is C[C@H](N[C@@H](C)CCCOc1ccccc1C(N)=O)C1CCOCC1. The molecule has 1 aromatic carbocycles. The minimum absolute atomic E-state index is 0.441. The molecular weight excluding hydrogens is 304 g/mol. The van der Waals surface area contributed by atoms with Gasteiger partial charge < -0.3 is 20.5 Å². The highest BCUT2D eigenvalue weighted by Crippen LogP contribution is 2.20. The molecule has 0 bridgehead atoms. The van der Waals surface area contributed by atoms with Gasteiger partial charge in [-0.3, -0.25) is 4.79 Å². The van der Waals surface area contributed by atoms with Crippen LogP contribution in [0.25, 0.3) is 0 Å². The Morgan fingerprint density at radius 2 is 2.04 bits per heavy atom. The van der Waals surface area contributed by atoms with Crippen molar-refractivity contribution >= 4 is 5.91 Å². The number of ether oxygens (including phenoxy) is 2. The van der Waals surface area contributed by atoms with Gasteiger partial charge in [-0.25, -0.2) is 0 Å². The van der Waals surface area contributed by atoms with Gasteiger partial charge in [-0.1, -0.05) is 12.1 Å². The van der Waals surface area contributed by atoms with E-state index in [1.807, 2.05) is 6.07 Å². The lowest BCUT2D eigenvalue weighted by Gasteiger charge is -2.30. The lowest BCUT2D eigenvalue weighted by Crippen LogP contribution is -2.41. The smallest absolute Gasteiger partial charge is 0.252 e. The van der Waals surface area contributed by atoms with Gasteiger partial charge >= 0.3 is 0 Å². The van der Waals surface area contributed by atoms with Crippen molar-refractivity contribution in [3.63, 3.8) is 0 Å². The molecule has 0 saturated carbocycles. The van der Waals surface area contributed by atoms with Crippen LogP contribution in [-0.2, 0) is 4.74 Å². The van der Waals surface area contributed by atoms with E-state index < -0.39 is 5.91 Å². The van der Waals surface area contributed by atoms with Crippen LogP contribution in [-0.4, -0.2) is 37.8 Å². The zero-order valence-electron chi connectivity index (χ0n) is 14.8. The third-order valence-electron chi connectivity index (χ3n) is 4.71. The van der Waals surface area contributed by atoms with E-state index in [1.165, 1.54) is 0 Å². The first-order chi connectivity index (χ1) is 11.6. The van der Waals surface area contributed by atoms with Crippen LogP contribution in [0.4, 0.5) is 0 Å². The summed E-state index contributed by atoms with van der Waals surface area (Å²) in [5.41, 5.74) is 5.80. The summed E-state index contributed by atoms with van der Waals surface area (Å²) in [6.07, 6.45) is 4.26. The number of carbonyl (C=O) groups is 1. The maximum absolute atomic E-state index is 11.4. The number of benzene rings is 1. The van der Waals surface area contributed by atoms with E-state index in [9.17, 15) is 4.79 Å². The van der Waals surface area contributed by atoms with Crippen LogP contribution >= 0.6 is 0 Å². The molecule has 1 fully saturated rings. The number of amides is 1. The van der Waals surface area contributed by atoms with E-state index in [-0.39, 0.29) is 0 Å². The summed E-state index contributed by atoms with van der Waals surface area (Å²) in [4.78, 5) is 11.4. The number of nitrogens with one attached hydrogen (secondary N) is 1. The van der Waals surface area contributed by atoms with Crippen molar-refractivity contribution in [3.05, 3.63) is 29.8 Å². The number of primary amides is 1. The second kappa shape index (κ2) is 9.64. The Labute approximate surface area is 144 Å². The second-order valence-electron chi connectivity index (χ2n) is 6.66. The van der Waals surface area contributed by atoms with Crippen LogP contribution < -0.4 is 15.8 Å². The molecule has 2 rings (SSSR count). The molecule has 1 aliphatic rings. The standard InChI is InChI=1S/C19H30N2O3/c1-14(21-15(2)16-9-12-23-13-10-16)6-5-11-24-18-8-4-3-7-17(18)19(20)22/h3-4,7-8,14-16,21H,5-6,9-13H2,1-2H3,(H2,20,22)/t14-,15-/m0/s1. The quantitative estimate of drug-likeness (QED) is 0.681. The van der Waals surface area contributed by atoms with Crippen LogP contribution in [0.5, 0.6) is 5.75 Å². The van der Waals surface area contributed by atoms with Gasteiger partial charge in [0.2, 0.25) is 0 Å². The Morgan fingerprint density at radius 3 is 2.75 bits per heavy atom. The number of carbonyl (C=O) groups excluding carboxylic acids is 1. The molecule has 1 aliphatic heterocycles. The van der Waals surface area contributed by atoms with Crippen molar-refractivity contribution in [2.75, 3.05) is 19.8 Å². The second-order valence-corrected chi connectivity index (χ2v) is 6.66. The first kappa shape index (κ1) is 18.7. The number of nitrogens with two attached hydrogens (primary N) is 1. The highest BCUT2D eigenvalue weighted by Gasteiger charge is 2.21. The van der Waals surface area contributed by atoms with Gasteiger partial charge in [-0.2, -0.15) is 0 Å². The average Bonchev–Trinajstić information content (AvgIpc) is 2.59. The maximum atomic E-state index is 11.4. The minimum atomic E-state index is -0.453. The fourth-order valence-corrected chi connectivity index (χ4v) is 3.25. The molecular formula is C19H30N2O3. The lowest BCUT2D eigenvalue weighted by molar-refractivity contribution is 0.0544. The predicted octanol–water partition coefficient (Wildman–Crippen LogP) is 2.74. The molecule has 0 aromatic heterocycles. The Kier molecular flexibility index (Phi) is 7.53. The molecule has 1 aromatic rings. The molecule has 24 heavy (non-hydrogen) atoms. The average molecular weight is 334 g/mol. The molecule has 5 heteroatoms. The first-order valence-electron chi connectivity index (χ1n) is 8.93. The fraction of sp³-hybridized carbons (Fsp3) is 0.632. The van der Waals surface area contributed by atoms with Gasteiger partial charge in [-0.15, -0.1) is 0 Å². The zero-order valence-corrected chi connectivity index (χ0v) is 14.8. The van der Waals surface area contributed by atoms with Crippen LogP contribution in [0.1, 0.15) is 49.9 Å². The number of rotatable bonds is 9. The summed E-state index contributed by atoms with van der Waals surface area (Å²) in [6, 6.07) is 8.07. The Balaban J connectivity index is 1.67. The highest BCUT2D eigenvalue weighted by atomic mass is 16.5. The number of para-hydroxylation sites is 1. The molecule has 1 heterocycles. The van der Waals surface area contributed by atoms with Crippen molar-refractivity contribution in [3.8, 4) is 5.75 Å². The van der Waals surface area contributed by atoms with E-state index in [0.29, 0.717) is 35.9 Å². The largest absolute Gasteiger partial charge is 0.493 e. The van der Waals surface area contributed by atoms with Crippen molar-refractivity contribution in [1.82, 2.24) is 5.32 Å². The summed E-state index contributed by atoms with van der Waals surface area (Å²) in [5.74, 6) is 0.826. The monoisotopic (exact) mass is 334 g/mol. The van der Waals surface area contributed by atoms with Crippen LogP contribution in [0, 0.1) is 5.92 Å². The maximum Gasteiger partial charge on any atom is 0.252 e. The third-order valence-corrected chi connectivity index (χ3v) is 4.71.